The fraction of sp³-hybridized carbons (Fsp3) is 0.667. The van der Waals surface area contributed by atoms with Crippen molar-refractivity contribution in [1.29, 1.82) is 0 Å². The van der Waals surface area contributed by atoms with Crippen LogP contribution in [0.4, 0.5) is 0 Å². The lowest BCUT2D eigenvalue weighted by molar-refractivity contribution is 0.00915. The Morgan fingerprint density at radius 2 is 2.09 bits per heavy atom. The van der Waals surface area contributed by atoms with Gasteiger partial charge in [-0.05, 0) is 25.7 Å². The predicted octanol–water partition coefficient (Wildman–Crippen LogP) is 2.30. The van der Waals surface area contributed by atoms with E-state index in [2.05, 4.69) is 15.3 Å². The van der Waals surface area contributed by atoms with Gasteiger partial charge in [-0.15, -0.1) is 0 Å². The summed E-state index contributed by atoms with van der Waals surface area (Å²) in [6, 6.07) is 0. The first-order chi connectivity index (χ1) is 10.8. The zero-order chi connectivity index (χ0) is 15.0. The van der Waals surface area contributed by atoms with Gasteiger partial charge in [-0.3, -0.25) is 0 Å². The average molecular weight is 305 g/mol. The highest BCUT2D eigenvalue weighted by Crippen LogP contribution is 2.43. The van der Waals surface area contributed by atoms with E-state index in [1.165, 1.54) is 0 Å². The predicted molar refractivity (Wildman–Crippen MR) is 75.4 cm³/mol. The lowest BCUT2D eigenvalue weighted by atomic mass is 9.80. The first-order valence-electron chi connectivity index (χ1n) is 7.68. The van der Waals surface area contributed by atoms with Crippen LogP contribution in [0.3, 0.4) is 0 Å². The number of hydrogen-bond acceptors (Lipinski definition) is 7. The van der Waals surface area contributed by atoms with Crippen molar-refractivity contribution in [2.45, 2.75) is 37.0 Å². The summed E-state index contributed by atoms with van der Waals surface area (Å²) in [4.78, 5) is 4.62. The van der Waals surface area contributed by atoms with Crippen molar-refractivity contribution in [3.05, 3.63) is 17.8 Å². The maximum Gasteiger partial charge on any atom is 0.263 e. The summed E-state index contributed by atoms with van der Waals surface area (Å²) in [5.74, 6) is 1.65. The Morgan fingerprint density at radius 1 is 1.27 bits per heavy atom. The molecule has 7 nitrogen and oxygen atoms in total. The number of ether oxygens (including phenoxy) is 2. The summed E-state index contributed by atoms with van der Waals surface area (Å²) in [5.41, 5.74) is 1.52. The van der Waals surface area contributed by atoms with Crippen LogP contribution in [0.1, 0.15) is 43.1 Å². The minimum Gasteiger partial charge on any atom is -0.384 e. The van der Waals surface area contributed by atoms with Crippen molar-refractivity contribution in [3.63, 3.8) is 0 Å². The van der Waals surface area contributed by atoms with Crippen molar-refractivity contribution < 1.29 is 18.5 Å². The Bertz CT molecular complexity index is 635. The maximum absolute atomic E-state index is 5.49. The molecule has 0 atom stereocenters. The SMILES string of the molecule is COCC1(c2noc(-c3conc3C3CC3)n2)CCOCC1. The lowest BCUT2D eigenvalue weighted by Crippen LogP contribution is -2.39. The molecule has 1 aliphatic carbocycles. The summed E-state index contributed by atoms with van der Waals surface area (Å²) in [5, 5.41) is 8.30. The summed E-state index contributed by atoms with van der Waals surface area (Å²) in [7, 11) is 1.70. The Hall–Kier alpha value is -1.73. The van der Waals surface area contributed by atoms with Gasteiger partial charge in [-0.2, -0.15) is 4.98 Å². The van der Waals surface area contributed by atoms with Crippen LogP contribution < -0.4 is 0 Å². The normalized spacial score (nSPS) is 21.1. The molecule has 2 aliphatic rings. The van der Waals surface area contributed by atoms with Crippen LogP contribution in [-0.4, -0.2) is 42.2 Å². The van der Waals surface area contributed by atoms with E-state index >= 15 is 0 Å². The zero-order valence-electron chi connectivity index (χ0n) is 12.6. The van der Waals surface area contributed by atoms with Crippen molar-refractivity contribution in [3.8, 4) is 11.5 Å². The molecule has 0 unspecified atom stereocenters. The van der Waals surface area contributed by atoms with Gasteiger partial charge in [-0.25, -0.2) is 0 Å². The fourth-order valence-corrected chi connectivity index (χ4v) is 3.08. The monoisotopic (exact) mass is 305 g/mol. The molecule has 0 bridgehead atoms. The molecule has 0 amide bonds. The maximum atomic E-state index is 5.49. The third kappa shape index (κ3) is 2.34. The molecule has 22 heavy (non-hydrogen) atoms. The number of nitrogens with zero attached hydrogens (tertiary/aromatic N) is 3. The minimum absolute atomic E-state index is 0.230. The first kappa shape index (κ1) is 13.9. The van der Waals surface area contributed by atoms with Crippen molar-refractivity contribution in [1.82, 2.24) is 15.3 Å². The third-order valence-electron chi connectivity index (χ3n) is 4.56. The second kappa shape index (κ2) is 5.48. The van der Waals surface area contributed by atoms with Gasteiger partial charge >= 0.3 is 0 Å². The van der Waals surface area contributed by atoms with Gasteiger partial charge in [0.15, 0.2) is 5.82 Å². The first-order valence-corrected chi connectivity index (χ1v) is 7.68. The molecule has 2 aromatic heterocycles. The molecule has 1 saturated carbocycles. The second-order valence-corrected chi connectivity index (χ2v) is 6.14. The minimum atomic E-state index is -0.230. The quantitative estimate of drug-likeness (QED) is 0.838. The van der Waals surface area contributed by atoms with Gasteiger partial charge in [0.05, 0.1) is 17.7 Å². The van der Waals surface area contributed by atoms with Crippen LogP contribution in [0, 0.1) is 0 Å². The molecule has 0 N–H and O–H groups in total. The largest absolute Gasteiger partial charge is 0.384 e. The number of aromatic nitrogens is 3. The Labute approximate surface area is 128 Å². The van der Waals surface area contributed by atoms with E-state index in [0.717, 1.165) is 36.9 Å². The average Bonchev–Trinajstić information content (AvgIpc) is 3.07. The van der Waals surface area contributed by atoms with Gasteiger partial charge in [0, 0.05) is 26.2 Å². The van der Waals surface area contributed by atoms with E-state index in [-0.39, 0.29) is 5.41 Å². The molecular formula is C15H19N3O4. The molecule has 3 heterocycles. The van der Waals surface area contributed by atoms with Crippen LogP contribution in [0.5, 0.6) is 0 Å². The van der Waals surface area contributed by atoms with Crippen molar-refractivity contribution in [2.24, 2.45) is 0 Å². The smallest absolute Gasteiger partial charge is 0.263 e. The fourth-order valence-electron chi connectivity index (χ4n) is 3.08. The van der Waals surface area contributed by atoms with Gasteiger partial charge < -0.3 is 18.5 Å². The Kier molecular flexibility index (Phi) is 3.46. The molecule has 0 radical (unpaired) electrons. The molecule has 118 valence electrons. The van der Waals surface area contributed by atoms with E-state index in [4.69, 9.17) is 18.5 Å². The topological polar surface area (TPSA) is 83.4 Å². The van der Waals surface area contributed by atoms with Crippen LogP contribution in [-0.2, 0) is 14.9 Å². The van der Waals surface area contributed by atoms with E-state index in [1.807, 2.05) is 0 Å². The van der Waals surface area contributed by atoms with E-state index in [1.54, 1.807) is 13.4 Å². The molecule has 2 fully saturated rings. The molecule has 7 heteroatoms. The summed E-state index contributed by atoms with van der Waals surface area (Å²) in [6.07, 6.45) is 5.55. The highest BCUT2D eigenvalue weighted by molar-refractivity contribution is 5.56. The Morgan fingerprint density at radius 3 is 2.82 bits per heavy atom. The van der Waals surface area contributed by atoms with Crippen LogP contribution in [0.15, 0.2) is 15.3 Å². The zero-order valence-corrected chi connectivity index (χ0v) is 12.6. The van der Waals surface area contributed by atoms with E-state index in [9.17, 15) is 0 Å². The second-order valence-electron chi connectivity index (χ2n) is 6.14. The molecule has 1 saturated heterocycles. The van der Waals surface area contributed by atoms with Gasteiger partial charge in [0.25, 0.3) is 5.89 Å². The molecule has 2 aromatic rings. The highest BCUT2D eigenvalue weighted by Gasteiger charge is 2.40. The molecule has 0 spiro atoms. The number of rotatable bonds is 5. The van der Waals surface area contributed by atoms with E-state index < -0.39 is 0 Å². The summed E-state index contributed by atoms with van der Waals surface area (Å²) < 4.78 is 21.5. The van der Waals surface area contributed by atoms with Crippen molar-refractivity contribution >= 4 is 0 Å². The van der Waals surface area contributed by atoms with Crippen LogP contribution in [0.25, 0.3) is 11.5 Å². The van der Waals surface area contributed by atoms with E-state index in [0.29, 0.717) is 37.5 Å². The van der Waals surface area contributed by atoms with Gasteiger partial charge in [0.2, 0.25) is 0 Å². The third-order valence-corrected chi connectivity index (χ3v) is 4.56. The lowest BCUT2D eigenvalue weighted by Gasteiger charge is -2.33. The van der Waals surface area contributed by atoms with Crippen LogP contribution in [0.2, 0.25) is 0 Å². The standard InChI is InChI=1S/C15H19N3O4/c1-19-9-15(4-6-20-7-5-15)14-16-13(22-18-14)11-8-21-17-12(11)10-2-3-10/h8,10H,2-7,9H2,1H3. The number of hydrogen-bond donors (Lipinski definition) is 0. The highest BCUT2D eigenvalue weighted by atomic mass is 16.5. The Balaban J connectivity index is 1.66. The summed E-state index contributed by atoms with van der Waals surface area (Å²) in [6.45, 7) is 1.94. The number of methoxy groups -OCH3 is 1. The van der Waals surface area contributed by atoms with Gasteiger partial charge in [-0.1, -0.05) is 10.3 Å². The molecule has 0 aromatic carbocycles. The molecule has 1 aliphatic heterocycles. The van der Waals surface area contributed by atoms with Crippen LogP contribution >= 0.6 is 0 Å². The van der Waals surface area contributed by atoms with Crippen molar-refractivity contribution in [2.75, 3.05) is 26.9 Å². The van der Waals surface area contributed by atoms with Gasteiger partial charge in [0.1, 0.15) is 11.8 Å². The molecule has 4 rings (SSSR count). The summed E-state index contributed by atoms with van der Waals surface area (Å²) >= 11 is 0. The molecular weight excluding hydrogens is 286 g/mol.